The fourth-order valence-corrected chi connectivity index (χ4v) is 4.75. The number of thioether (sulfide) groups is 1. The normalized spacial score (nSPS) is 12.8. The topological polar surface area (TPSA) is 3.24 Å². The molecule has 1 nitrogen and oxygen atoms in total. The lowest BCUT2D eigenvalue weighted by molar-refractivity contribution is 0.402. The third kappa shape index (κ3) is 4.03. The quantitative estimate of drug-likeness (QED) is 0.711. The Kier molecular flexibility index (Phi) is 5.51. The zero-order chi connectivity index (χ0) is 16.1. The molecule has 1 aliphatic heterocycles. The van der Waals surface area contributed by atoms with Crippen LogP contribution in [0.15, 0.2) is 58.3 Å². The molecule has 0 atom stereocenters. The van der Waals surface area contributed by atoms with E-state index in [0.29, 0.717) is 6.54 Å². The maximum absolute atomic E-state index is 5.37. The van der Waals surface area contributed by atoms with E-state index in [1.807, 2.05) is 23.5 Å². The largest absolute Gasteiger partial charge is 0.295 e. The van der Waals surface area contributed by atoms with Gasteiger partial charge < -0.3 is 0 Å². The second kappa shape index (κ2) is 7.79. The third-order valence-corrected chi connectivity index (χ3v) is 5.87. The van der Waals surface area contributed by atoms with Gasteiger partial charge in [-0.3, -0.25) is 4.90 Å². The molecule has 0 aliphatic carbocycles. The number of terminal acetylenes is 1. The molecule has 116 valence electrons. The Labute approximate surface area is 147 Å². The minimum Gasteiger partial charge on any atom is -0.295 e. The molecule has 0 N–H and O–H groups in total. The van der Waals surface area contributed by atoms with E-state index in [4.69, 9.17) is 6.42 Å². The fourth-order valence-electron chi connectivity index (χ4n) is 2.46. The van der Waals surface area contributed by atoms with Crippen molar-refractivity contribution in [1.82, 2.24) is 4.90 Å². The van der Waals surface area contributed by atoms with Crippen LogP contribution in [-0.4, -0.2) is 30.8 Å². The summed E-state index contributed by atoms with van der Waals surface area (Å²) < 4.78 is 0. The fraction of sp³-hybridized carbons (Fsp3) is 0.200. The van der Waals surface area contributed by atoms with Crippen molar-refractivity contribution < 1.29 is 0 Å². The molecule has 3 heteroatoms. The van der Waals surface area contributed by atoms with Gasteiger partial charge in [0.05, 0.1) is 6.54 Å². The van der Waals surface area contributed by atoms with Crippen LogP contribution >= 0.6 is 23.5 Å². The molecule has 23 heavy (non-hydrogen) atoms. The smallest absolute Gasteiger partial charge is 0.0596 e. The molecule has 3 rings (SSSR count). The zero-order valence-electron chi connectivity index (χ0n) is 13.2. The summed E-state index contributed by atoms with van der Waals surface area (Å²) in [6.45, 7) is 1.69. The molecule has 0 amide bonds. The summed E-state index contributed by atoms with van der Waals surface area (Å²) in [4.78, 5) is 6.17. The number of nitrogens with zero attached hydrogens (tertiary/aromatic N) is 1. The van der Waals surface area contributed by atoms with Crippen LogP contribution in [0.2, 0.25) is 0 Å². The van der Waals surface area contributed by atoms with Gasteiger partial charge in [0.1, 0.15) is 0 Å². The standard InChI is InChI=1S/C20H19NS2/c1-3-12-21(2)13-14-22-20-15-16-8-4-6-10-18(16)23-19-11-7-5-9-17(19)20/h1,4-11,15H,12-14H2,2H3. The Morgan fingerprint density at radius 3 is 2.65 bits per heavy atom. The minimum absolute atomic E-state index is 0.703. The Morgan fingerprint density at radius 1 is 1.09 bits per heavy atom. The van der Waals surface area contributed by atoms with Gasteiger partial charge in [0, 0.05) is 32.6 Å². The number of benzene rings is 2. The molecule has 1 heterocycles. The predicted molar refractivity (Wildman–Crippen MR) is 104 cm³/mol. The van der Waals surface area contributed by atoms with Crippen molar-refractivity contribution in [2.75, 3.05) is 25.9 Å². The summed E-state index contributed by atoms with van der Waals surface area (Å²) in [6.07, 6.45) is 7.69. The lowest BCUT2D eigenvalue weighted by Crippen LogP contribution is -2.21. The highest BCUT2D eigenvalue weighted by Gasteiger charge is 2.15. The molecular formula is C20H19NS2. The first-order valence-electron chi connectivity index (χ1n) is 7.60. The first kappa shape index (κ1) is 16.3. The van der Waals surface area contributed by atoms with Crippen LogP contribution < -0.4 is 0 Å². The second-order valence-corrected chi connectivity index (χ2v) is 7.66. The predicted octanol–water partition coefficient (Wildman–Crippen LogP) is 4.95. The summed E-state index contributed by atoms with van der Waals surface area (Å²) in [5.41, 5.74) is 2.63. The van der Waals surface area contributed by atoms with Crippen molar-refractivity contribution in [3.63, 3.8) is 0 Å². The number of hydrogen-bond acceptors (Lipinski definition) is 3. The molecule has 0 bridgehead atoms. The van der Waals surface area contributed by atoms with Crippen LogP contribution in [0.4, 0.5) is 0 Å². The van der Waals surface area contributed by atoms with Gasteiger partial charge in [-0.05, 0) is 30.8 Å². The van der Waals surface area contributed by atoms with Crippen molar-refractivity contribution in [3.05, 3.63) is 59.7 Å². The lowest BCUT2D eigenvalue weighted by Gasteiger charge is -2.14. The van der Waals surface area contributed by atoms with Crippen LogP contribution in [0, 0.1) is 12.3 Å². The van der Waals surface area contributed by atoms with Crippen molar-refractivity contribution in [2.24, 2.45) is 0 Å². The summed E-state index contributed by atoms with van der Waals surface area (Å²) in [7, 11) is 2.07. The molecule has 0 radical (unpaired) electrons. The summed E-state index contributed by atoms with van der Waals surface area (Å²) in [5, 5.41) is 0. The first-order chi connectivity index (χ1) is 11.3. The van der Waals surface area contributed by atoms with E-state index in [0.717, 1.165) is 12.3 Å². The van der Waals surface area contributed by atoms with E-state index >= 15 is 0 Å². The SMILES string of the molecule is C#CCN(C)CCSC1=Cc2ccccc2Sc2ccccc21. The second-order valence-electron chi connectivity index (χ2n) is 5.44. The van der Waals surface area contributed by atoms with Gasteiger partial charge in [-0.15, -0.1) is 18.2 Å². The number of rotatable bonds is 5. The van der Waals surface area contributed by atoms with E-state index in [2.05, 4.69) is 72.5 Å². The van der Waals surface area contributed by atoms with Gasteiger partial charge in [0.15, 0.2) is 0 Å². The van der Waals surface area contributed by atoms with Crippen molar-refractivity contribution in [1.29, 1.82) is 0 Å². The third-order valence-electron chi connectivity index (χ3n) is 3.67. The minimum atomic E-state index is 0.703. The molecule has 1 aliphatic rings. The Bertz CT molecular complexity index is 758. The Hall–Kier alpha value is -1.60. The van der Waals surface area contributed by atoms with Gasteiger partial charge in [-0.25, -0.2) is 0 Å². The molecule has 2 aromatic carbocycles. The average Bonchev–Trinajstić information content (AvgIpc) is 2.72. The molecule has 0 fully saturated rings. The van der Waals surface area contributed by atoms with E-state index < -0.39 is 0 Å². The lowest BCUT2D eigenvalue weighted by atomic mass is 10.1. The van der Waals surface area contributed by atoms with Gasteiger partial charge >= 0.3 is 0 Å². The molecule has 2 aromatic rings. The Morgan fingerprint density at radius 2 is 1.83 bits per heavy atom. The summed E-state index contributed by atoms with van der Waals surface area (Å²) in [6, 6.07) is 17.3. The maximum Gasteiger partial charge on any atom is 0.0596 e. The van der Waals surface area contributed by atoms with E-state index in [1.54, 1.807) is 0 Å². The Balaban J connectivity index is 1.85. The van der Waals surface area contributed by atoms with Crippen LogP contribution in [0.5, 0.6) is 0 Å². The van der Waals surface area contributed by atoms with Crippen LogP contribution in [0.1, 0.15) is 11.1 Å². The van der Waals surface area contributed by atoms with Gasteiger partial charge in [0.2, 0.25) is 0 Å². The van der Waals surface area contributed by atoms with E-state index in [9.17, 15) is 0 Å². The van der Waals surface area contributed by atoms with Crippen LogP contribution in [0.25, 0.3) is 11.0 Å². The highest BCUT2D eigenvalue weighted by atomic mass is 32.2. The van der Waals surface area contributed by atoms with Crippen LogP contribution in [-0.2, 0) is 0 Å². The van der Waals surface area contributed by atoms with Gasteiger partial charge in [-0.2, -0.15) is 0 Å². The molecule has 0 saturated carbocycles. The number of hydrogen-bond donors (Lipinski definition) is 0. The maximum atomic E-state index is 5.37. The van der Waals surface area contributed by atoms with Crippen molar-refractivity contribution >= 4 is 34.5 Å². The number of fused-ring (bicyclic) bond motifs is 2. The zero-order valence-corrected chi connectivity index (χ0v) is 14.8. The van der Waals surface area contributed by atoms with Crippen molar-refractivity contribution in [3.8, 4) is 12.3 Å². The van der Waals surface area contributed by atoms with Crippen molar-refractivity contribution in [2.45, 2.75) is 9.79 Å². The highest BCUT2D eigenvalue weighted by Crippen LogP contribution is 2.43. The summed E-state index contributed by atoms with van der Waals surface area (Å²) in [5.74, 6) is 3.73. The summed E-state index contributed by atoms with van der Waals surface area (Å²) >= 11 is 3.76. The highest BCUT2D eigenvalue weighted by molar-refractivity contribution is 8.08. The van der Waals surface area contributed by atoms with E-state index in [1.165, 1.54) is 25.8 Å². The molecule has 0 spiro atoms. The monoisotopic (exact) mass is 337 g/mol. The first-order valence-corrected chi connectivity index (χ1v) is 9.41. The molecule has 0 aromatic heterocycles. The van der Waals surface area contributed by atoms with Crippen LogP contribution in [0.3, 0.4) is 0 Å². The van der Waals surface area contributed by atoms with Gasteiger partial charge in [0.25, 0.3) is 0 Å². The molecule has 0 saturated heterocycles. The molecule has 0 unspecified atom stereocenters. The van der Waals surface area contributed by atoms with E-state index in [-0.39, 0.29) is 0 Å². The van der Waals surface area contributed by atoms with Gasteiger partial charge in [-0.1, -0.05) is 54.1 Å². The molecular weight excluding hydrogens is 318 g/mol. The average molecular weight is 338 g/mol.